The molecule has 40 heavy (non-hydrogen) atoms. The lowest BCUT2D eigenvalue weighted by Gasteiger charge is -2.17. The maximum Gasteiger partial charge on any atom is 0.343 e. The van der Waals surface area contributed by atoms with Crippen LogP contribution in [0.5, 0.6) is 5.75 Å². The molecule has 0 radical (unpaired) electrons. The number of benzene rings is 2. The zero-order valence-corrected chi connectivity index (χ0v) is 23.4. The van der Waals surface area contributed by atoms with Gasteiger partial charge in [0, 0.05) is 28.7 Å². The molecule has 1 atom stereocenters. The van der Waals surface area contributed by atoms with Crippen LogP contribution in [-0.2, 0) is 23.9 Å². The zero-order chi connectivity index (χ0) is 29.5. The van der Waals surface area contributed by atoms with Gasteiger partial charge in [-0.15, -0.1) is 0 Å². The third-order valence-electron chi connectivity index (χ3n) is 5.18. The van der Waals surface area contributed by atoms with Gasteiger partial charge in [0.05, 0.1) is 18.8 Å². The molecule has 0 fully saturated rings. The highest BCUT2D eigenvalue weighted by Crippen LogP contribution is 2.16. The molecule has 212 valence electrons. The van der Waals surface area contributed by atoms with Gasteiger partial charge in [0.2, 0.25) is 5.91 Å². The molecular weight excluding hydrogens is 534 g/mol. The number of nitrogen functional groups attached to an aromatic ring is 1. The molecule has 0 aliphatic rings. The zero-order valence-electron chi connectivity index (χ0n) is 22.6. The van der Waals surface area contributed by atoms with E-state index in [1.54, 1.807) is 81.5 Å². The van der Waals surface area contributed by atoms with Crippen LogP contribution in [0.25, 0.3) is 6.08 Å². The van der Waals surface area contributed by atoms with Gasteiger partial charge in [0.1, 0.15) is 17.6 Å². The molecule has 2 aromatic carbocycles. The Kier molecular flexibility index (Phi) is 13.2. The van der Waals surface area contributed by atoms with Crippen molar-refractivity contribution in [3.8, 4) is 5.75 Å². The van der Waals surface area contributed by atoms with Crippen molar-refractivity contribution in [2.75, 3.05) is 24.7 Å². The standard InChI is InChI=1S/C29H33N3O7S/c1-4-37-25(33)7-6-16-40-18-24(29(36)38-5-2)32-27(34)19(3)17-20-8-10-22(11-9-20)28(35)39-23-14-12-21(13-15-23)26(30)31/h6-15,17,24H,4-5,16,18H2,1-3H3,(H3,30,31)(H,32,34)/b7-6+,19-17+/t24-/m0/s1. The highest BCUT2D eigenvalue weighted by atomic mass is 32.2. The van der Waals surface area contributed by atoms with Gasteiger partial charge in [-0.05, 0) is 68.8 Å². The Hall–Kier alpha value is -4.38. The lowest BCUT2D eigenvalue weighted by atomic mass is 10.1. The van der Waals surface area contributed by atoms with Crippen LogP contribution < -0.4 is 15.8 Å². The average Bonchev–Trinajstić information content (AvgIpc) is 2.93. The van der Waals surface area contributed by atoms with Crippen LogP contribution >= 0.6 is 11.8 Å². The van der Waals surface area contributed by atoms with Gasteiger partial charge in [-0.25, -0.2) is 14.4 Å². The fourth-order valence-electron chi connectivity index (χ4n) is 3.17. The monoisotopic (exact) mass is 567 g/mol. The Balaban J connectivity index is 1.98. The molecular formula is C29H33N3O7S. The maximum atomic E-state index is 12.8. The number of hydrogen-bond acceptors (Lipinski definition) is 9. The molecule has 10 nitrogen and oxygen atoms in total. The quantitative estimate of drug-likeness (QED) is 0.0776. The van der Waals surface area contributed by atoms with Crippen LogP contribution in [0, 0.1) is 5.41 Å². The summed E-state index contributed by atoms with van der Waals surface area (Å²) in [7, 11) is 0. The summed E-state index contributed by atoms with van der Waals surface area (Å²) in [4.78, 5) is 49.0. The van der Waals surface area contributed by atoms with Gasteiger partial charge in [-0.3, -0.25) is 10.2 Å². The molecule has 0 saturated heterocycles. The summed E-state index contributed by atoms with van der Waals surface area (Å²) in [5.41, 5.74) is 7.27. The summed E-state index contributed by atoms with van der Waals surface area (Å²) in [6, 6.07) is 11.9. The lowest BCUT2D eigenvalue weighted by Crippen LogP contribution is -2.44. The third kappa shape index (κ3) is 10.8. The predicted octanol–water partition coefficient (Wildman–Crippen LogP) is 3.49. The van der Waals surface area contributed by atoms with E-state index in [4.69, 9.17) is 25.4 Å². The van der Waals surface area contributed by atoms with Crippen molar-refractivity contribution in [3.05, 3.63) is 82.9 Å². The molecule has 2 aromatic rings. The number of amidine groups is 1. The van der Waals surface area contributed by atoms with Crippen molar-refractivity contribution in [1.29, 1.82) is 5.41 Å². The number of amides is 1. The largest absolute Gasteiger partial charge is 0.464 e. The van der Waals surface area contributed by atoms with Gasteiger partial charge in [0.25, 0.3) is 0 Å². The Morgan fingerprint density at radius 3 is 2.20 bits per heavy atom. The van der Waals surface area contributed by atoms with Crippen LogP contribution in [0.15, 0.2) is 66.3 Å². The van der Waals surface area contributed by atoms with Crippen molar-refractivity contribution < 1.29 is 33.4 Å². The molecule has 0 saturated carbocycles. The fraction of sp³-hybridized carbons (Fsp3) is 0.276. The molecule has 0 aromatic heterocycles. The third-order valence-corrected chi connectivity index (χ3v) is 6.18. The van der Waals surface area contributed by atoms with Crippen molar-refractivity contribution in [3.63, 3.8) is 0 Å². The molecule has 2 rings (SSSR count). The van der Waals surface area contributed by atoms with Gasteiger partial charge >= 0.3 is 17.9 Å². The summed E-state index contributed by atoms with van der Waals surface area (Å²) in [5, 5.41) is 10.1. The molecule has 0 heterocycles. The van der Waals surface area contributed by atoms with Crippen LogP contribution in [0.4, 0.5) is 0 Å². The SMILES string of the molecule is CCOC(=O)/C=C/CSC[C@H](NC(=O)/C(C)=C/c1ccc(C(=O)Oc2ccc(C(=N)N)cc2)cc1)C(=O)OCC. The van der Waals surface area contributed by atoms with Gasteiger partial charge < -0.3 is 25.3 Å². The molecule has 0 aliphatic carbocycles. The first kappa shape index (κ1) is 31.8. The number of rotatable bonds is 14. The minimum Gasteiger partial charge on any atom is -0.464 e. The molecule has 0 aliphatic heterocycles. The van der Waals surface area contributed by atoms with E-state index in [2.05, 4.69) is 5.32 Å². The second-order valence-electron chi connectivity index (χ2n) is 8.25. The lowest BCUT2D eigenvalue weighted by molar-refractivity contribution is -0.146. The van der Waals surface area contributed by atoms with E-state index in [-0.39, 0.29) is 24.8 Å². The van der Waals surface area contributed by atoms with Gasteiger partial charge in [-0.2, -0.15) is 11.8 Å². The highest BCUT2D eigenvalue weighted by molar-refractivity contribution is 7.99. The van der Waals surface area contributed by atoms with Crippen LogP contribution in [0.1, 0.15) is 42.3 Å². The predicted molar refractivity (Wildman–Crippen MR) is 154 cm³/mol. The molecule has 0 spiro atoms. The molecule has 11 heteroatoms. The van der Waals surface area contributed by atoms with E-state index in [9.17, 15) is 19.2 Å². The topological polar surface area (TPSA) is 158 Å². The molecule has 1 amide bonds. The summed E-state index contributed by atoms with van der Waals surface area (Å²) in [5.74, 6) is -1.08. The van der Waals surface area contributed by atoms with E-state index in [0.29, 0.717) is 33.8 Å². The number of esters is 3. The molecule has 0 unspecified atom stereocenters. The second kappa shape index (κ2) is 16.6. The first-order valence-corrected chi connectivity index (χ1v) is 13.6. The number of carbonyl (C=O) groups excluding carboxylic acids is 4. The summed E-state index contributed by atoms with van der Waals surface area (Å²) in [6.07, 6.45) is 4.57. The Bertz CT molecular complexity index is 1260. The Labute approximate surface area is 237 Å². The summed E-state index contributed by atoms with van der Waals surface area (Å²) < 4.78 is 15.3. The first-order chi connectivity index (χ1) is 19.1. The number of hydrogen-bond donors (Lipinski definition) is 3. The highest BCUT2D eigenvalue weighted by Gasteiger charge is 2.22. The normalized spacial score (nSPS) is 11.9. The van der Waals surface area contributed by atoms with Gasteiger partial charge in [-0.1, -0.05) is 18.2 Å². The van der Waals surface area contributed by atoms with E-state index in [1.165, 1.54) is 17.8 Å². The van der Waals surface area contributed by atoms with E-state index < -0.39 is 29.9 Å². The fourth-order valence-corrected chi connectivity index (χ4v) is 4.00. The van der Waals surface area contributed by atoms with E-state index >= 15 is 0 Å². The maximum absolute atomic E-state index is 12.8. The van der Waals surface area contributed by atoms with Crippen molar-refractivity contribution in [2.45, 2.75) is 26.8 Å². The molecule has 4 N–H and O–H groups in total. The van der Waals surface area contributed by atoms with E-state index in [1.807, 2.05) is 0 Å². The van der Waals surface area contributed by atoms with Crippen molar-refractivity contribution in [1.82, 2.24) is 5.32 Å². The number of ether oxygens (including phenoxy) is 3. The van der Waals surface area contributed by atoms with Crippen LogP contribution in [0.2, 0.25) is 0 Å². The molecule has 0 bridgehead atoms. The van der Waals surface area contributed by atoms with Crippen molar-refractivity contribution >= 4 is 47.5 Å². The minimum atomic E-state index is -0.876. The number of thioether (sulfide) groups is 1. The Morgan fingerprint density at radius 2 is 1.60 bits per heavy atom. The summed E-state index contributed by atoms with van der Waals surface area (Å²) >= 11 is 1.35. The first-order valence-electron chi connectivity index (χ1n) is 12.5. The Morgan fingerprint density at radius 1 is 0.975 bits per heavy atom. The smallest absolute Gasteiger partial charge is 0.343 e. The second-order valence-corrected chi connectivity index (χ2v) is 9.32. The van der Waals surface area contributed by atoms with Gasteiger partial charge in [0.15, 0.2) is 0 Å². The van der Waals surface area contributed by atoms with Crippen LogP contribution in [-0.4, -0.2) is 60.4 Å². The number of carbonyl (C=O) groups is 4. The number of nitrogens with two attached hydrogens (primary N) is 1. The summed E-state index contributed by atoms with van der Waals surface area (Å²) in [6.45, 7) is 5.47. The minimum absolute atomic E-state index is 0.0824. The van der Waals surface area contributed by atoms with Crippen molar-refractivity contribution in [2.24, 2.45) is 5.73 Å². The average molecular weight is 568 g/mol. The van der Waals surface area contributed by atoms with E-state index in [0.717, 1.165) is 0 Å². The van der Waals surface area contributed by atoms with Crippen LogP contribution in [0.3, 0.4) is 0 Å². The number of nitrogens with one attached hydrogen (secondary N) is 2.